The Hall–Kier alpha value is -2.26. The number of aromatic nitrogens is 1. The van der Waals surface area contributed by atoms with Crippen molar-refractivity contribution in [3.63, 3.8) is 0 Å². The molecule has 0 saturated heterocycles. The van der Waals surface area contributed by atoms with Crippen molar-refractivity contribution in [1.29, 1.82) is 0 Å². The van der Waals surface area contributed by atoms with Gasteiger partial charge in [-0.3, -0.25) is 9.35 Å². The number of hydrogen-bond acceptors (Lipinski definition) is 4. The Morgan fingerprint density at radius 3 is 2.30 bits per heavy atom. The van der Waals surface area contributed by atoms with Gasteiger partial charge in [0.2, 0.25) is 5.43 Å². The van der Waals surface area contributed by atoms with Crippen LogP contribution in [0.3, 0.4) is 0 Å². The molecule has 7 nitrogen and oxygen atoms in total. The van der Waals surface area contributed by atoms with E-state index in [4.69, 9.17) is 9.66 Å². The Balaban J connectivity index is 0.000000347. The number of carbonyl (C=O) groups is 1. The third-order valence-electron chi connectivity index (χ3n) is 2.10. The second-order valence-corrected chi connectivity index (χ2v) is 5.20. The van der Waals surface area contributed by atoms with E-state index in [1.165, 1.54) is 12.1 Å². The van der Waals surface area contributed by atoms with E-state index in [1.807, 2.05) is 0 Å². The van der Waals surface area contributed by atoms with Crippen molar-refractivity contribution >= 4 is 27.0 Å². The summed E-state index contributed by atoms with van der Waals surface area (Å²) in [6.45, 7) is 0. The van der Waals surface area contributed by atoms with Crippen molar-refractivity contribution in [3.05, 3.63) is 46.2 Å². The number of halogens is 1. The van der Waals surface area contributed by atoms with Crippen LogP contribution < -0.4 is 5.43 Å². The van der Waals surface area contributed by atoms with Crippen LogP contribution in [0.5, 0.6) is 0 Å². The zero-order chi connectivity index (χ0) is 15.5. The smallest absolute Gasteiger partial charge is 0.341 e. The minimum Gasteiger partial charge on any atom is -0.477 e. The van der Waals surface area contributed by atoms with Crippen molar-refractivity contribution in [3.8, 4) is 0 Å². The molecule has 1 aromatic heterocycles. The molecule has 2 N–H and O–H groups in total. The number of hydrogen-bond donors (Lipinski definition) is 2. The summed E-state index contributed by atoms with van der Waals surface area (Å²) < 4.78 is 39.2. The molecule has 108 valence electrons. The molecule has 0 fully saturated rings. The largest absolute Gasteiger partial charge is 0.477 e. The molecule has 0 aliphatic rings. The van der Waals surface area contributed by atoms with Gasteiger partial charge in [-0.25, -0.2) is 4.79 Å². The molecule has 2 rings (SSSR count). The molecular formula is C11H10FNO6S. The minimum absolute atomic E-state index is 0.0555. The summed E-state index contributed by atoms with van der Waals surface area (Å²) in [6.07, 6.45) is 1.39. The van der Waals surface area contributed by atoms with Gasteiger partial charge >= 0.3 is 5.97 Å². The van der Waals surface area contributed by atoms with E-state index in [-0.39, 0.29) is 15.7 Å². The van der Waals surface area contributed by atoms with Gasteiger partial charge in [0, 0.05) is 5.39 Å². The second kappa shape index (κ2) is 5.80. The lowest BCUT2D eigenvalue weighted by atomic mass is 10.1. The predicted octanol–water partition coefficient (Wildman–Crippen LogP) is 0.936. The summed E-state index contributed by atoms with van der Waals surface area (Å²) in [5.41, 5.74) is -1.18. The molecule has 0 amide bonds. The molecule has 9 heteroatoms. The van der Waals surface area contributed by atoms with Crippen molar-refractivity contribution in [1.82, 2.24) is 4.79 Å². The molecule has 2 aromatic rings. The number of aromatic carboxylic acids is 1. The maximum absolute atomic E-state index is 13.3. The summed E-state index contributed by atoms with van der Waals surface area (Å²) in [5.74, 6) is -1.43. The van der Waals surface area contributed by atoms with E-state index >= 15 is 0 Å². The molecule has 1 aromatic carbocycles. The zero-order valence-electron chi connectivity index (χ0n) is 10.1. The Bertz CT molecular complexity index is 803. The van der Waals surface area contributed by atoms with Crippen LogP contribution in [0.1, 0.15) is 10.4 Å². The predicted molar refractivity (Wildman–Crippen MR) is 69.1 cm³/mol. The lowest BCUT2D eigenvalue weighted by Gasteiger charge is -2.02. The number of rotatable bonds is 1. The number of carboxylic acids is 1. The van der Waals surface area contributed by atoms with Crippen LogP contribution in [0, 0.1) is 0 Å². The number of nitrogens with zero attached hydrogens (tertiary/aromatic N) is 1. The van der Waals surface area contributed by atoms with Crippen molar-refractivity contribution in [2.45, 2.75) is 0 Å². The fraction of sp³-hybridized carbons (Fsp3) is 0.0909. The van der Waals surface area contributed by atoms with Crippen LogP contribution in [-0.4, -0.2) is 35.1 Å². The lowest BCUT2D eigenvalue weighted by molar-refractivity contribution is 0.0693. The molecule has 0 saturated carbocycles. The highest BCUT2D eigenvalue weighted by Crippen LogP contribution is 2.11. The first-order valence-electron chi connectivity index (χ1n) is 5.07. The van der Waals surface area contributed by atoms with E-state index in [0.717, 1.165) is 0 Å². The average molecular weight is 303 g/mol. The van der Waals surface area contributed by atoms with Crippen molar-refractivity contribution in [2.75, 3.05) is 6.26 Å². The Kier molecular flexibility index (Phi) is 4.58. The maximum atomic E-state index is 13.3. The summed E-state index contributed by atoms with van der Waals surface area (Å²) in [6, 6.07) is 5.91. The molecule has 20 heavy (non-hydrogen) atoms. The number of benzene rings is 1. The monoisotopic (exact) mass is 303 g/mol. The van der Waals surface area contributed by atoms with Crippen LogP contribution in [0.25, 0.3) is 10.9 Å². The zero-order valence-corrected chi connectivity index (χ0v) is 11.0. The van der Waals surface area contributed by atoms with Crippen LogP contribution >= 0.6 is 0 Å². The van der Waals surface area contributed by atoms with E-state index in [0.29, 0.717) is 12.5 Å². The molecule has 0 spiro atoms. The topological polar surface area (TPSA) is 114 Å². The second-order valence-electron chi connectivity index (χ2n) is 3.74. The number of pyridine rings is 1. The summed E-state index contributed by atoms with van der Waals surface area (Å²) in [4.78, 5) is 22.3. The summed E-state index contributed by atoms with van der Waals surface area (Å²) in [5, 5.41) is 8.73. The van der Waals surface area contributed by atoms with Crippen molar-refractivity contribution < 1.29 is 27.4 Å². The maximum Gasteiger partial charge on any atom is 0.341 e. The number of fused-ring (bicyclic) bond motifs is 1. The van der Waals surface area contributed by atoms with Gasteiger partial charge in [-0.05, 0) is 12.1 Å². The van der Waals surface area contributed by atoms with Gasteiger partial charge in [0.25, 0.3) is 10.1 Å². The summed E-state index contributed by atoms with van der Waals surface area (Å²) in [7, 11) is -3.67. The third-order valence-corrected chi connectivity index (χ3v) is 2.10. The van der Waals surface area contributed by atoms with E-state index in [2.05, 4.69) is 0 Å². The molecule has 0 aliphatic heterocycles. The van der Waals surface area contributed by atoms with Gasteiger partial charge in [-0.1, -0.05) is 16.6 Å². The van der Waals surface area contributed by atoms with E-state index in [1.54, 1.807) is 12.1 Å². The quantitative estimate of drug-likeness (QED) is 0.758. The first-order valence-corrected chi connectivity index (χ1v) is 6.92. The third kappa shape index (κ3) is 4.14. The highest BCUT2D eigenvalue weighted by molar-refractivity contribution is 7.85. The first kappa shape index (κ1) is 15.8. The average Bonchev–Trinajstić information content (AvgIpc) is 2.31. The molecule has 0 aliphatic carbocycles. The number of para-hydroxylation sites is 1. The molecular weight excluding hydrogens is 293 g/mol. The van der Waals surface area contributed by atoms with Crippen LogP contribution in [0.15, 0.2) is 35.3 Å². The minimum atomic E-state index is -3.67. The fourth-order valence-corrected chi connectivity index (χ4v) is 1.39. The van der Waals surface area contributed by atoms with Gasteiger partial charge in [0.1, 0.15) is 5.56 Å². The van der Waals surface area contributed by atoms with Crippen LogP contribution in [0.4, 0.5) is 4.48 Å². The Morgan fingerprint density at radius 1 is 1.30 bits per heavy atom. The highest BCUT2D eigenvalue weighted by atomic mass is 32.2. The van der Waals surface area contributed by atoms with Gasteiger partial charge in [-0.2, -0.15) is 13.2 Å². The number of carboxylic acid groups (broad SMARTS) is 1. The molecule has 0 unspecified atom stereocenters. The Labute approximate surface area is 112 Å². The van der Waals surface area contributed by atoms with Gasteiger partial charge in [0.05, 0.1) is 18.0 Å². The molecule has 0 bridgehead atoms. The van der Waals surface area contributed by atoms with Gasteiger partial charge in [0.15, 0.2) is 0 Å². The van der Waals surface area contributed by atoms with E-state index < -0.39 is 27.1 Å². The molecule has 0 atom stereocenters. The molecule has 1 heterocycles. The van der Waals surface area contributed by atoms with Crippen LogP contribution in [0.2, 0.25) is 0 Å². The normalized spacial score (nSPS) is 10.8. The van der Waals surface area contributed by atoms with E-state index in [9.17, 15) is 22.5 Å². The van der Waals surface area contributed by atoms with Crippen molar-refractivity contribution in [2.24, 2.45) is 0 Å². The Morgan fingerprint density at radius 2 is 1.80 bits per heavy atom. The lowest BCUT2D eigenvalue weighted by Crippen LogP contribution is -2.16. The SMILES string of the molecule is CS(=O)(=O)O.O=C(O)c1cn(F)c2ccccc2c1=O. The first-order chi connectivity index (χ1) is 9.11. The summed E-state index contributed by atoms with van der Waals surface area (Å²) >= 11 is 0. The van der Waals surface area contributed by atoms with Gasteiger partial charge in [-0.15, -0.1) is 0 Å². The molecule has 0 radical (unpaired) electrons. The van der Waals surface area contributed by atoms with Crippen LogP contribution in [-0.2, 0) is 10.1 Å². The highest BCUT2D eigenvalue weighted by Gasteiger charge is 2.13. The standard InChI is InChI=1S/C10H6FNO3.CH4O3S/c11-12-5-7(10(14)15)9(13)6-3-1-2-4-8(6)12;1-5(2,3)4/h1-5H,(H,14,15);1H3,(H,2,3,4). The van der Waals surface area contributed by atoms with Gasteiger partial charge < -0.3 is 5.11 Å². The fourth-order valence-electron chi connectivity index (χ4n) is 1.39.